The summed E-state index contributed by atoms with van der Waals surface area (Å²) in [6, 6.07) is 12.6. The number of furan rings is 1. The standard InChI is InChI=1S/C16H13N7O2/c17-16-19-13(11-7-4-8-25-11)14-15(20-16)23(22-21-14)9-12(24)18-10-5-2-1-3-6-10/h1-8H,9H2,(H,18,24)(H2,17,19,20). The Hall–Kier alpha value is -3.75. The molecular weight excluding hydrogens is 322 g/mol. The van der Waals surface area contributed by atoms with Crippen LogP contribution in [0.1, 0.15) is 0 Å². The van der Waals surface area contributed by atoms with Gasteiger partial charge in [0, 0.05) is 5.69 Å². The molecule has 9 heteroatoms. The molecule has 3 heterocycles. The number of carbonyl (C=O) groups is 1. The summed E-state index contributed by atoms with van der Waals surface area (Å²) in [7, 11) is 0. The molecule has 0 atom stereocenters. The fourth-order valence-electron chi connectivity index (χ4n) is 2.42. The van der Waals surface area contributed by atoms with E-state index in [9.17, 15) is 4.79 Å². The smallest absolute Gasteiger partial charge is 0.246 e. The summed E-state index contributed by atoms with van der Waals surface area (Å²) in [4.78, 5) is 20.5. The van der Waals surface area contributed by atoms with Gasteiger partial charge in [0.2, 0.25) is 11.9 Å². The molecule has 0 aliphatic heterocycles. The Morgan fingerprint density at radius 2 is 2.00 bits per heavy atom. The zero-order chi connectivity index (χ0) is 17.2. The number of nitrogen functional groups attached to an aromatic ring is 1. The summed E-state index contributed by atoms with van der Waals surface area (Å²) >= 11 is 0. The van der Waals surface area contributed by atoms with E-state index in [1.807, 2.05) is 18.2 Å². The van der Waals surface area contributed by atoms with E-state index in [-0.39, 0.29) is 18.4 Å². The first-order valence-electron chi connectivity index (χ1n) is 7.46. The van der Waals surface area contributed by atoms with Crippen molar-refractivity contribution in [1.82, 2.24) is 25.0 Å². The van der Waals surface area contributed by atoms with Crippen LogP contribution in [0.2, 0.25) is 0 Å². The van der Waals surface area contributed by atoms with Crippen molar-refractivity contribution in [2.24, 2.45) is 0 Å². The summed E-state index contributed by atoms with van der Waals surface area (Å²) in [6.07, 6.45) is 1.52. The quantitative estimate of drug-likeness (QED) is 0.581. The number of benzene rings is 1. The molecule has 0 fully saturated rings. The SMILES string of the molecule is Nc1nc(-c2ccco2)c2nnn(CC(=O)Nc3ccccc3)c2n1. The summed E-state index contributed by atoms with van der Waals surface area (Å²) in [5.41, 5.74) is 7.69. The van der Waals surface area contributed by atoms with Crippen LogP contribution in [0, 0.1) is 0 Å². The predicted molar refractivity (Wildman–Crippen MR) is 90.3 cm³/mol. The van der Waals surface area contributed by atoms with Crippen LogP contribution in [0.4, 0.5) is 11.6 Å². The molecule has 0 saturated heterocycles. The zero-order valence-electron chi connectivity index (χ0n) is 13.0. The topological polar surface area (TPSA) is 125 Å². The van der Waals surface area contributed by atoms with Crippen molar-refractivity contribution in [1.29, 1.82) is 0 Å². The van der Waals surface area contributed by atoms with Gasteiger partial charge in [-0.05, 0) is 24.3 Å². The van der Waals surface area contributed by atoms with Gasteiger partial charge in [0.15, 0.2) is 16.9 Å². The third kappa shape index (κ3) is 2.90. The number of carbonyl (C=O) groups excluding carboxylic acids is 1. The lowest BCUT2D eigenvalue weighted by Crippen LogP contribution is -2.20. The maximum Gasteiger partial charge on any atom is 0.246 e. The normalized spacial score (nSPS) is 10.9. The first-order chi connectivity index (χ1) is 12.2. The van der Waals surface area contributed by atoms with E-state index < -0.39 is 0 Å². The van der Waals surface area contributed by atoms with Gasteiger partial charge in [0.25, 0.3) is 0 Å². The molecule has 1 amide bonds. The molecule has 4 rings (SSSR count). The van der Waals surface area contributed by atoms with Crippen LogP contribution in [0.25, 0.3) is 22.6 Å². The fourth-order valence-corrected chi connectivity index (χ4v) is 2.42. The first-order valence-corrected chi connectivity index (χ1v) is 7.46. The van der Waals surface area contributed by atoms with Crippen molar-refractivity contribution in [3.8, 4) is 11.5 Å². The number of rotatable bonds is 4. The Morgan fingerprint density at radius 1 is 1.16 bits per heavy atom. The molecule has 1 aromatic carbocycles. The number of fused-ring (bicyclic) bond motifs is 1. The fraction of sp³-hybridized carbons (Fsp3) is 0.0625. The average molecular weight is 335 g/mol. The second-order valence-corrected chi connectivity index (χ2v) is 5.24. The number of nitrogens with two attached hydrogens (primary N) is 1. The molecule has 3 N–H and O–H groups in total. The molecule has 3 aromatic heterocycles. The second kappa shape index (κ2) is 6.04. The Balaban J connectivity index is 1.66. The molecule has 0 aliphatic carbocycles. The molecule has 0 saturated carbocycles. The van der Waals surface area contributed by atoms with Crippen molar-refractivity contribution in [2.75, 3.05) is 11.1 Å². The molecule has 25 heavy (non-hydrogen) atoms. The number of hydrogen-bond acceptors (Lipinski definition) is 7. The Kier molecular flexibility index (Phi) is 3.58. The molecule has 124 valence electrons. The highest BCUT2D eigenvalue weighted by molar-refractivity contribution is 5.92. The lowest BCUT2D eigenvalue weighted by molar-refractivity contribution is -0.116. The van der Waals surface area contributed by atoms with Gasteiger partial charge in [-0.2, -0.15) is 4.98 Å². The summed E-state index contributed by atoms with van der Waals surface area (Å²) in [5, 5.41) is 10.8. The van der Waals surface area contributed by atoms with Crippen molar-refractivity contribution in [3.05, 3.63) is 48.7 Å². The molecular formula is C16H13N7O2. The van der Waals surface area contributed by atoms with E-state index >= 15 is 0 Å². The maximum absolute atomic E-state index is 12.2. The van der Waals surface area contributed by atoms with Crippen LogP contribution in [0.3, 0.4) is 0 Å². The lowest BCUT2D eigenvalue weighted by atomic mass is 10.3. The molecule has 0 radical (unpaired) electrons. The molecule has 0 bridgehead atoms. The van der Waals surface area contributed by atoms with Gasteiger partial charge in [-0.15, -0.1) is 5.10 Å². The zero-order valence-corrected chi connectivity index (χ0v) is 13.0. The van der Waals surface area contributed by atoms with Gasteiger partial charge in [-0.25, -0.2) is 9.67 Å². The molecule has 9 nitrogen and oxygen atoms in total. The Bertz CT molecular complexity index is 1030. The lowest BCUT2D eigenvalue weighted by Gasteiger charge is -2.05. The second-order valence-electron chi connectivity index (χ2n) is 5.24. The van der Waals surface area contributed by atoms with E-state index in [0.717, 1.165) is 0 Å². The number of aromatic nitrogens is 5. The summed E-state index contributed by atoms with van der Waals surface area (Å²) < 4.78 is 6.72. The number of nitrogens with zero attached hydrogens (tertiary/aromatic N) is 5. The largest absolute Gasteiger partial charge is 0.463 e. The van der Waals surface area contributed by atoms with Crippen LogP contribution in [0.15, 0.2) is 53.1 Å². The van der Waals surface area contributed by atoms with Crippen LogP contribution < -0.4 is 11.1 Å². The van der Waals surface area contributed by atoms with Crippen LogP contribution in [-0.4, -0.2) is 30.9 Å². The number of nitrogens with one attached hydrogen (secondary N) is 1. The van der Waals surface area contributed by atoms with Gasteiger partial charge >= 0.3 is 0 Å². The third-order valence-corrected chi connectivity index (χ3v) is 3.49. The van der Waals surface area contributed by atoms with E-state index in [0.29, 0.717) is 28.3 Å². The molecule has 4 aromatic rings. The van der Waals surface area contributed by atoms with Crippen LogP contribution >= 0.6 is 0 Å². The Labute approximate surface area is 141 Å². The molecule has 0 aliphatic rings. The number of anilines is 2. The first kappa shape index (κ1) is 14.8. The summed E-state index contributed by atoms with van der Waals surface area (Å²) in [5.74, 6) is 0.292. The van der Waals surface area contributed by atoms with E-state index in [1.165, 1.54) is 10.9 Å². The van der Waals surface area contributed by atoms with E-state index in [4.69, 9.17) is 10.2 Å². The molecule has 0 spiro atoms. The third-order valence-electron chi connectivity index (χ3n) is 3.49. The minimum absolute atomic E-state index is 0.0471. The highest BCUT2D eigenvalue weighted by Gasteiger charge is 2.18. The van der Waals surface area contributed by atoms with E-state index in [2.05, 4.69) is 25.6 Å². The highest BCUT2D eigenvalue weighted by Crippen LogP contribution is 2.25. The monoisotopic (exact) mass is 335 g/mol. The maximum atomic E-state index is 12.2. The van der Waals surface area contributed by atoms with Gasteiger partial charge < -0.3 is 15.5 Å². The number of hydrogen-bond donors (Lipinski definition) is 2. The van der Waals surface area contributed by atoms with Gasteiger partial charge in [-0.1, -0.05) is 23.4 Å². The summed E-state index contributed by atoms with van der Waals surface area (Å²) in [6.45, 7) is -0.0561. The number of para-hydroxylation sites is 1. The molecule has 0 unspecified atom stereocenters. The van der Waals surface area contributed by atoms with Gasteiger partial charge in [-0.3, -0.25) is 4.79 Å². The van der Waals surface area contributed by atoms with Crippen molar-refractivity contribution < 1.29 is 9.21 Å². The van der Waals surface area contributed by atoms with Gasteiger partial charge in [0.05, 0.1) is 6.26 Å². The van der Waals surface area contributed by atoms with Crippen LogP contribution in [0.5, 0.6) is 0 Å². The van der Waals surface area contributed by atoms with E-state index in [1.54, 1.807) is 24.3 Å². The van der Waals surface area contributed by atoms with Gasteiger partial charge in [0.1, 0.15) is 12.2 Å². The predicted octanol–water partition coefficient (Wildman–Crippen LogP) is 1.70. The highest BCUT2D eigenvalue weighted by atomic mass is 16.3. The van der Waals surface area contributed by atoms with Crippen molar-refractivity contribution >= 4 is 28.7 Å². The Morgan fingerprint density at radius 3 is 2.76 bits per heavy atom. The van der Waals surface area contributed by atoms with Crippen molar-refractivity contribution in [3.63, 3.8) is 0 Å². The van der Waals surface area contributed by atoms with Crippen molar-refractivity contribution in [2.45, 2.75) is 6.54 Å². The number of amides is 1. The van der Waals surface area contributed by atoms with Crippen LogP contribution in [-0.2, 0) is 11.3 Å². The minimum Gasteiger partial charge on any atom is -0.463 e. The minimum atomic E-state index is -0.255. The average Bonchev–Trinajstić information content (AvgIpc) is 3.26.